The maximum atomic E-state index is 12.9. The van der Waals surface area contributed by atoms with Gasteiger partial charge in [0.2, 0.25) is 5.91 Å². The number of halogens is 1. The van der Waals surface area contributed by atoms with Crippen LogP contribution in [0.4, 0.5) is 5.69 Å². The van der Waals surface area contributed by atoms with E-state index in [0.717, 1.165) is 42.4 Å². The monoisotopic (exact) mass is 518 g/mol. The number of anilines is 1. The van der Waals surface area contributed by atoms with Gasteiger partial charge < -0.3 is 14.6 Å². The summed E-state index contributed by atoms with van der Waals surface area (Å²) in [6.45, 7) is 10.4. The van der Waals surface area contributed by atoms with Crippen LogP contribution in [0.2, 0.25) is 5.02 Å². The van der Waals surface area contributed by atoms with E-state index >= 15 is 0 Å². The average Bonchev–Trinajstić information content (AvgIpc) is 3.11. The predicted octanol–water partition coefficient (Wildman–Crippen LogP) is 6.74. The van der Waals surface area contributed by atoms with Crippen LogP contribution in [0.1, 0.15) is 71.8 Å². The lowest BCUT2D eigenvalue weighted by molar-refractivity contribution is -0.121. The van der Waals surface area contributed by atoms with Gasteiger partial charge in [-0.05, 0) is 113 Å². The average molecular weight is 519 g/mol. The highest BCUT2D eigenvalue weighted by atomic mass is 35.5. The fraction of sp³-hybridized carbons (Fsp3) is 0.467. The molecule has 7 heteroatoms. The van der Waals surface area contributed by atoms with E-state index in [0.29, 0.717) is 16.9 Å². The molecule has 1 amide bonds. The molecule has 5 nitrogen and oxygen atoms in total. The van der Waals surface area contributed by atoms with Gasteiger partial charge in [0, 0.05) is 28.2 Å². The van der Waals surface area contributed by atoms with Crippen LogP contribution in [0.25, 0.3) is 10.9 Å². The lowest BCUT2D eigenvalue weighted by Gasteiger charge is -2.32. The Morgan fingerprint density at radius 1 is 1.00 bits per heavy atom. The van der Waals surface area contributed by atoms with Crippen LogP contribution in [0.15, 0.2) is 54.7 Å². The number of fused-ring (bicyclic) bond motifs is 1. The van der Waals surface area contributed by atoms with E-state index in [4.69, 9.17) is 20.9 Å². The van der Waals surface area contributed by atoms with Gasteiger partial charge in [0.15, 0.2) is 0 Å². The molecule has 1 saturated heterocycles. The Balaban J connectivity index is 1.28. The van der Waals surface area contributed by atoms with E-state index in [1.807, 2.05) is 18.3 Å². The van der Waals surface area contributed by atoms with Crippen molar-refractivity contribution in [2.24, 2.45) is 11.8 Å². The Morgan fingerprint density at radius 3 is 2.30 bits per heavy atom. The number of amides is 1. The topological polar surface area (TPSA) is 60.5 Å². The molecule has 194 valence electrons. The summed E-state index contributed by atoms with van der Waals surface area (Å²) < 4.78 is 12.6. The van der Waals surface area contributed by atoms with Crippen LogP contribution in [0.5, 0.6) is 0 Å². The molecule has 1 aliphatic heterocycles. The zero-order chi connectivity index (χ0) is 26.4. The van der Waals surface area contributed by atoms with Crippen LogP contribution in [0, 0.1) is 11.8 Å². The number of nitrogens with zero attached hydrogens (tertiary/aromatic N) is 1. The molecule has 0 unspecified atom stereocenters. The number of carbonyl (C=O) groups excluding carboxylic acids is 1. The molecule has 2 heterocycles. The maximum Gasteiger partial charge on any atom is 0.494 e. The fourth-order valence-corrected chi connectivity index (χ4v) is 5.73. The number of hydrogen-bond acceptors (Lipinski definition) is 4. The third-order valence-corrected chi connectivity index (χ3v) is 9.02. The summed E-state index contributed by atoms with van der Waals surface area (Å²) >= 11 is 5.97. The first-order chi connectivity index (χ1) is 17.5. The Bertz CT molecular complexity index is 1270. The van der Waals surface area contributed by atoms with E-state index in [1.54, 1.807) is 12.1 Å². The van der Waals surface area contributed by atoms with Crippen molar-refractivity contribution in [3.05, 3.63) is 65.3 Å². The molecule has 37 heavy (non-hydrogen) atoms. The first kappa shape index (κ1) is 26.2. The Morgan fingerprint density at radius 2 is 1.65 bits per heavy atom. The van der Waals surface area contributed by atoms with Gasteiger partial charge in [-0.3, -0.25) is 9.78 Å². The third-order valence-electron chi connectivity index (χ3n) is 8.77. The van der Waals surface area contributed by atoms with E-state index < -0.39 is 7.12 Å². The van der Waals surface area contributed by atoms with Crippen molar-refractivity contribution in [3.8, 4) is 0 Å². The molecule has 0 bridgehead atoms. The lowest BCUT2D eigenvalue weighted by atomic mass is 9.73. The summed E-state index contributed by atoms with van der Waals surface area (Å²) in [4.78, 5) is 17.5. The molecule has 2 fully saturated rings. The molecular formula is C30H36BClN2O3. The number of nitrogens with one attached hydrogen (secondary N) is 1. The standard InChI is InChI=1S/C30H36BClN2O3/c1-19(28(35)34-24-13-11-23(32)12-14-24)20-6-8-21(9-7-20)25-16-17-33-27-15-10-22(18-26(25)27)31-36-29(2,3)30(4,5)37-31/h10-21H,6-9H2,1-5H3,(H,34,35)/t19-,20?,21?/m1/s1. The number of pyridine rings is 1. The minimum atomic E-state index is -0.391. The van der Waals surface area contributed by atoms with Crippen molar-refractivity contribution < 1.29 is 14.1 Å². The normalized spacial score (nSPS) is 23.7. The van der Waals surface area contributed by atoms with Gasteiger partial charge in [-0.15, -0.1) is 0 Å². The van der Waals surface area contributed by atoms with Crippen LogP contribution in [-0.2, 0) is 14.1 Å². The molecule has 0 radical (unpaired) electrons. The summed E-state index contributed by atoms with van der Waals surface area (Å²) in [5.74, 6) is 0.853. The van der Waals surface area contributed by atoms with E-state index in [9.17, 15) is 4.79 Å². The Kier molecular flexibility index (Phi) is 7.12. The van der Waals surface area contributed by atoms with Gasteiger partial charge in [0.05, 0.1) is 16.7 Å². The van der Waals surface area contributed by atoms with Crippen molar-refractivity contribution in [2.75, 3.05) is 5.32 Å². The Hall–Kier alpha value is -2.41. The molecule has 3 aromatic rings. The molecule has 1 aliphatic carbocycles. The molecule has 2 aromatic carbocycles. The quantitative estimate of drug-likeness (QED) is 0.380. The summed E-state index contributed by atoms with van der Waals surface area (Å²) in [6.07, 6.45) is 6.09. The molecular weight excluding hydrogens is 483 g/mol. The number of aromatic nitrogens is 1. The largest absolute Gasteiger partial charge is 0.494 e. The summed E-state index contributed by atoms with van der Waals surface area (Å²) in [5.41, 5.74) is 3.40. The minimum absolute atomic E-state index is 0.0409. The number of benzene rings is 2. The fourth-order valence-electron chi connectivity index (χ4n) is 5.60. The Labute approximate surface area is 225 Å². The second kappa shape index (κ2) is 10.0. The summed E-state index contributed by atoms with van der Waals surface area (Å²) in [5, 5.41) is 4.88. The highest BCUT2D eigenvalue weighted by Gasteiger charge is 2.51. The molecule has 2 aliphatic rings. The first-order valence-corrected chi connectivity index (χ1v) is 13.7. The van der Waals surface area contributed by atoms with E-state index in [2.05, 4.69) is 69.2 Å². The second-order valence-corrected chi connectivity index (χ2v) is 12.1. The van der Waals surface area contributed by atoms with Crippen LogP contribution in [0.3, 0.4) is 0 Å². The predicted molar refractivity (Wildman–Crippen MR) is 151 cm³/mol. The second-order valence-electron chi connectivity index (χ2n) is 11.7. The maximum absolute atomic E-state index is 12.9. The molecule has 0 spiro atoms. The zero-order valence-electron chi connectivity index (χ0n) is 22.4. The van der Waals surface area contributed by atoms with Gasteiger partial charge in [-0.2, -0.15) is 0 Å². The number of hydrogen-bond donors (Lipinski definition) is 1. The highest BCUT2D eigenvalue weighted by Crippen LogP contribution is 2.41. The lowest BCUT2D eigenvalue weighted by Crippen LogP contribution is -2.41. The smallest absolute Gasteiger partial charge is 0.399 e. The van der Waals surface area contributed by atoms with E-state index in [-0.39, 0.29) is 23.0 Å². The molecule has 5 rings (SSSR count). The third kappa shape index (κ3) is 5.29. The molecule has 1 aromatic heterocycles. The van der Waals surface area contributed by atoms with Gasteiger partial charge in [-0.1, -0.05) is 30.7 Å². The van der Waals surface area contributed by atoms with E-state index in [1.165, 1.54) is 10.9 Å². The van der Waals surface area contributed by atoms with Crippen molar-refractivity contribution >= 4 is 46.7 Å². The van der Waals surface area contributed by atoms with Crippen molar-refractivity contribution in [1.29, 1.82) is 0 Å². The minimum Gasteiger partial charge on any atom is -0.399 e. The first-order valence-electron chi connectivity index (χ1n) is 13.3. The van der Waals surface area contributed by atoms with Crippen molar-refractivity contribution in [3.63, 3.8) is 0 Å². The number of rotatable bonds is 5. The van der Waals surface area contributed by atoms with Gasteiger partial charge in [0.1, 0.15) is 0 Å². The van der Waals surface area contributed by atoms with Crippen LogP contribution in [-0.4, -0.2) is 29.2 Å². The highest BCUT2D eigenvalue weighted by molar-refractivity contribution is 6.62. The summed E-state index contributed by atoms with van der Waals surface area (Å²) in [7, 11) is -0.391. The molecule has 1 N–H and O–H groups in total. The van der Waals surface area contributed by atoms with Crippen LogP contribution >= 0.6 is 11.6 Å². The summed E-state index contributed by atoms with van der Waals surface area (Å²) in [6, 6.07) is 15.8. The van der Waals surface area contributed by atoms with Gasteiger partial charge in [0.25, 0.3) is 0 Å². The van der Waals surface area contributed by atoms with Gasteiger partial charge in [-0.25, -0.2) is 0 Å². The zero-order valence-corrected chi connectivity index (χ0v) is 23.1. The van der Waals surface area contributed by atoms with Gasteiger partial charge >= 0.3 is 7.12 Å². The SMILES string of the molecule is C[C@@H](C(=O)Nc1ccc(Cl)cc1)C1CCC(c2ccnc3ccc(B4OC(C)(C)C(C)(C)O4)cc23)CC1. The molecule has 1 saturated carbocycles. The van der Waals surface area contributed by atoms with Crippen molar-refractivity contribution in [1.82, 2.24) is 4.98 Å². The van der Waals surface area contributed by atoms with Crippen molar-refractivity contribution in [2.45, 2.75) is 77.4 Å². The molecule has 1 atom stereocenters. The number of carbonyl (C=O) groups is 1. The van der Waals surface area contributed by atoms with Crippen LogP contribution < -0.4 is 10.8 Å².